The minimum atomic E-state index is -0.815. The van der Waals surface area contributed by atoms with Crippen LogP contribution in [0.15, 0.2) is 40.9 Å². The van der Waals surface area contributed by atoms with Crippen LogP contribution in [0.1, 0.15) is 5.76 Å². The summed E-state index contributed by atoms with van der Waals surface area (Å²) in [5.74, 6) is -0.132. The summed E-state index contributed by atoms with van der Waals surface area (Å²) < 4.78 is 5.34. The third kappa shape index (κ3) is 3.12. The highest BCUT2D eigenvalue weighted by molar-refractivity contribution is 5.74. The van der Waals surface area contributed by atoms with E-state index in [-0.39, 0.29) is 0 Å². The molecule has 1 aliphatic heterocycles. The molecule has 1 saturated heterocycles. The van der Waals surface area contributed by atoms with Crippen molar-refractivity contribution < 1.29 is 14.4 Å². The van der Waals surface area contributed by atoms with E-state index in [0.717, 1.165) is 17.8 Å². The molecule has 1 atom stereocenters. The van der Waals surface area contributed by atoms with Crippen molar-refractivity contribution >= 4 is 5.97 Å². The van der Waals surface area contributed by atoms with E-state index in [1.165, 1.54) is 0 Å². The van der Waals surface area contributed by atoms with E-state index < -0.39 is 12.0 Å². The third-order valence-corrected chi connectivity index (χ3v) is 3.63. The van der Waals surface area contributed by atoms with Crippen molar-refractivity contribution in [3.63, 3.8) is 0 Å². The van der Waals surface area contributed by atoms with Gasteiger partial charge in [-0.2, -0.15) is 0 Å². The molecule has 6 heteroatoms. The standard InChI is InChI=1S/C15H17N3O3/c19-15(20)14-9-16-6-7-18(14)10-12-8-13(17-21-12)11-4-2-1-3-5-11/h1-5,8,14,16H,6-7,9-10H2,(H,19,20). The number of aliphatic carboxylic acids is 1. The normalized spacial score (nSPS) is 19.5. The number of aromatic nitrogens is 1. The summed E-state index contributed by atoms with van der Waals surface area (Å²) in [5.41, 5.74) is 1.76. The number of hydrogen-bond donors (Lipinski definition) is 2. The number of nitrogens with zero attached hydrogens (tertiary/aromatic N) is 2. The zero-order chi connectivity index (χ0) is 14.7. The smallest absolute Gasteiger partial charge is 0.322 e. The summed E-state index contributed by atoms with van der Waals surface area (Å²) in [7, 11) is 0. The first-order chi connectivity index (χ1) is 10.2. The quantitative estimate of drug-likeness (QED) is 0.879. The van der Waals surface area contributed by atoms with Crippen molar-refractivity contribution in [2.24, 2.45) is 0 Å². The topological polar surface area (TPSA) is 78.6 Å². The lowest BCUT2D eigenvalue weighted by molar-refractivity contribution is -0.144. The summed E-state index contributed by atoms with van der Waals surface area (Å²) in [5, 5.41) is 16.4. The zero-order valence-electron chi connectivity index (χ0n) is 11.5. The fourth-order valence-corrected chi connectivity index (χ4v) is 2.51. The van der Waals surface area contributed by atoms with Crippen LogP contribution >= 0.6 is 0 Å². The summed E-state index contributed by atoms with van der Waals surface area (Å²) in [4.78, 5) is 13.2. The summed E-state index contributed by atoms with van der Waals surface area (Å²) in [6, 6.07) is 11.1. The minimum Gasteiger partial charge on any atom is -0.480 e. The lowest BCUT2D eigenvalue weighted by Gasteiger charge is -2.32. The summed E-state index contributed by atoms with van der Waals surface area (Å²) >= 11 is 0. The molecule has 6 nitrogen and oxygen atoms in total. The molecule has 1 fully saturated rings. The molecule has 110 valence electrons. The van der Waals surface area contributed by atoms with Crippen molar-refractivity contribution in [1.29, 1.82) is 0 Å². The van der Waals surface area contributed by atoms with E-state index in [9.17, 15) is 9.90 Å². The van der Waals surface area contributed by atoms with Gasteiger partial charge in [-0.05, 0) is 0 Å². The van der Waals surface area contributed by atoms with Gasteiger partial charge in [0.2, 0.25) is 0 Å². The molecule has 0 saturated carbocycles. The molecule has 3 rings (SSSR count). The molecule has 0 bridgehead atoms. The van der Waals surface area contributed by atoms with Crippen LogP contribution in [0.2, 0.25) is 0 Å². The van der Waals surface area contributed by atoms with Gasteiger partial charge in [0.25, 0.3) is 0 Å². The number of hydrogen-bond acceptors (Lipinski definition) is 5. The van der Waals surface area contributed by atoms with Gasteiger partial charge in [0.1, 0.15) is 11.7 Å². The predicted octanol–water partition coefficient (Wildman–Crippen LogP) is 1.20. The molecular formula is C15H17N3O3. The third-order valence-electron chi connectivity index (χ3n) is 3.63. The van der Waals surface area contributed by atoms with Crippen LogP contribution in [0, 0.1) is 0 Å². The Labute approximate surface area is 122 Å². The average molecular weight is 287 g/mol. The van der Waals surface area contributed by atoms with Crippen LogP contribution in [0.5, 0.6) is 0 Å². The van der Waals surface area contributed by atoms with Gasteiger partial charge in [0.05, 0.1) is 6.54 Å². The van der Waals surface area contributed by atoms with Gasteiger partial charge in [0.15, 0.2) is 5.76 Å². The number of carbonyl (C=O) groups is 1. The first kappa shape index (κ1) is 13.8. The lowest BCUT2D eigenvalue weighted by Crippen LogP contribution is -2.54. The zero-order valence-corrected chi connectivity index (χ0v) is 11.5. The summed E-state index contributed by atoms with van der Waals surface area (Å²) in [6.45, 7) is 2.37. The second-order valence-corrected chi connectivity index (χ2v) is 5.07. The Hall–Kier alpha value is -2.18. The van der Waals surface area contributed by atoms with Crippen molar-refractivity contribution in [1.82, 2.24) is 15.4 Å². The fraction of sp³-hybridized carbons (Fsp3) is 0.333. The molecule has 0 spiro atoms. The van der Waals surface area contributed by atoms with Crippen LogP contribution in [0.3, 0.4) is 0 Å². The van der Waals surface area contributed by atoms with Gasteiger partial charge in [-0.3, -0.25) is 9.69 Å². The van der Waals surface area contributed by atoms with Crippen LogP contribution < -0.4 is 5.32 Å². The molecule has 1 unspecified atom stereocenters. The minimum absolute atomic E-state index is 0.453. The van der Waals surface area contributed by atoms with Crippen LogP contribution in [-0.4, -0.2) is 46.8 Å². The highest BCUT2D eigenvalue weighted by atomic mass is 16.5. The van der Waals surface area contributed by atoms with Crippen molar-refractivity contribution in [2.45, 2.75) is 12.6 Å². The van der Waals surface area contributed by atoms with Gasteiger partial charge < -0.3 is 14.9 Å². The Bertz CT molecular complexity index is 612. The van der Waals surface area contributed by atoms with Crippen LogP contribution in [0.25, 0.3) is 11.3 Å². The van der Waals surface area contributed by atoms with Crippen LogP contribution in [-0.2, 0) is 11.3 Å². The molecule has 0 radical (unpaired) electrons. The second kappa shape index (κ2) is 6.07. The first-order valence-electron chi connectivity index (χ1n) is 6.92. The number of rotatable bonds is 4. The van der Waals surface area contributed by atoms with Crippen molar-refractivity contribution in [2.75, 3.05) is 19.6 Å². The number of carboxylic acid groups (broad SMARTS) is 1. The van der Waals surface area contributed by atoms with Crippen molar-refractivity contribution in [3.8, 4) is 11.3 Å². The van der Waals surface area contributed by atoms with E-state index in [4.69, 9.17) is 4.52 Å². The van der Waals surface area contributed by atoms with Gasteiger partial charge >= 0.3 is 5.97 Å². The highest BCUT2D eigenvalue weighted by Crippen LogP contribution is 2.20. The Kier molecular flexibility index (Phi) is 3.98. The second-order valence-electron chi connectivity index (χ2n) is 5.07. The van der Waals surface area contributed by atoms with Crippen molar-refractivity contribution in [3.05, 3.63) is 42.2 Å². The fourth-order valence-electron chi connectivity index (χ4n) is 2.51. The van der Waals surface area contributed by atoms with E-state index in [2.05, 4.69) is 10.5 Å². The molecule has 1 aromatic heterocycles. The molecular weight excluding hydrogens is 270 g/mol. The molecule has 0 amide bonds. The average Bonchev–Trinajstić information content (AvgIpc) is 2.97. The van der Waals surface area contributed by atoms with Gasteiger partial charge in [-0.1, -0.05) is 35.5 Å². The molecule has 0 aliphatic carbocycles. The number of nitrogens with one attached hydrogen (secondary N) is 1. The highest BCUT2D eigenvalue weighted by Gasteiger charge is 2.29. The Morgan fingerprint density at radius 3 is 3.00 bits per heavy atom. The SMILES string of the molecule is O=C(O)C1CNCCN1Cc1cc(-c2ccccc2)no1. The monoisotopic (exact) mass is 287 g/mol. The van der Waals surface area contributed by atoms with E-state index in [0.29, 0.717) is 25.4 Å². The van der Waals surface area contributed by atoms with E-state index in [1.54, 1.807) is 0 Å². The van der Waals surface area contributed by atoms with Gasteiger partial charge in [-0.15, -0.1) is 0 Å². The van der Waals surface area contributed by atoms with E-state index in [1.807, 2.05) is 41.3 Å². The summed E-state index contributed by atoms with van der Waals surface area (Å²) in [6.07, 6.45) is 0. The number of benzene rings is 1. The molecule has 21 heavy (non-hydrogen) atoms. The Morgan fingerprint density at radius 2 is 2.24 bits per heavy atom. The van der Waals surface area contributed by atoms with Crippen LogP contribution in [0.4, 0.5) is 0 Å². The van der Waals surface area contributed by atoms with Gasteiger partial charge in [-0.25, -0.2) is 0 Å². The largest absolute Gasteiger partial charge is 0.480 e. The first-order valence-corrected chi connectivity index (χ1v) is 6.92. The number of piperazine rings is 1. The Morgan fingerprint density at radius 1 is 1.43 bits per heavy atom. The number of carboxylic acids is 1. The maximum atomic E-state index is 11.3. The molecule has 2 heterocycles. The molecule has 2 aromatic rings. The maximum Gasteiger partial charge on any atom is 0.322 e. The predicted molar refractivity (Wildman–Crippen MR) is 76.6 cm³/mol. The lowest BCUT2D eigenvalue weighted by atomic mass is 10.1. The molecule has 2 N–H and O–H groups in total. The molecule has 1 aliphatic rings. The molecule has 1 aromatic carbocycles. The van der Waals surface area contributed by atoms with E-state index >= 15 is 0 Å². The maximum absolute atomic E-state index is 11.3. The Balaban J connectivity index is 1.73. The van der Waals surface area contributed by atoms with Gasteiger partial charge in [0, 0.05) is 31.3 Å².